The molecule has 2 aromatic rings. The van der Waals surface area contributed by atoms with Crippen LogP contribution in [0.5, 0.6) is 17.2 Å². The number of esters is 2. The Hall–Kier alpha value is -3.02. The van der Waals surface area contributed by atoms with E-state index in [9.17, 15) is 9.59 Å². The maximum atomic E-state index is 11.4. The van der Waals surface area contributed by atoms with Crippen LogP contribution in [-0.2, 0) is 14.3 Å². The number of ether oxygens (including phenoxy) is 4. The van der Waals surface area contributed by atoms with Gasteiger partial charge < -0.3 is 18.9 Å². The molecular formula is C21H22O6. The van der Waals surface area contributed by atoms with Gasteiger partial charge in [0.15, 0.2) is 11.5 Å². The Labute approximate surface area is 158 Å². The molecule has 0 bridgehead atoms. The molecule has 0 amide bonds. The second-order valence-electron chi connectivity index (χ2n) is 6.50. The van der Waals surface area contributed by atoms with E-state index in [-0.39, 0.29) is 30.6 Å². The van der Waals surface area contributed by atoms with Crippen LogP contribution in [-0.4, -0.2) is 25.7 Å². The average molecular weight is 370 g/mol. The molecule has 0 radical (unpaired) electrons. The highest BCUT2D eigenvalue weighted by atomic mass is 16.5. The summed E-state index contributed by atoms with van der Waals surface area (Å²) in [7, 11) is 1.60. The zero-order chi connectivity index (χ0) is 19.6. The summed E-state index contributed by atoms with van der Waals surface area (Å²) in [4.78, 5) is 22.5. The third-order valence-electron chi connectivity index (χ3n) is 4.39. The molecule has 1 aliphatic rings. The van der Waals surface area contributed by atoms with Crippen molar-refractivity contribution >= 4 is 11.9 Å². The molecule has 0 fully saturated rings. The van der Waals surface area contributed by atoms with Crippen LogP contribution in [0, 0.1) is 6.92 Å². The lowest BCUT2D eigenvalue weighted by atomic mass is 9.91. The Balaban J connectivity index is 1.95. The molecule has 142 valence electrons. The highest BCUT2D eigenvalue weighted by Gasteiger charge is 2.38. The molecule has 0 aromatic heterocycles. The van der Waals surface area contributed by atoms with Gasteiger partial charge in [0.05, 0.1) is 13.0 Å². The van der Waals surface area contributed by atoms with Crippen molar-refractivity contribution in [3.05, 3.63) is 53.1 Å². The minimum absolute atomic E-state index is 0.169. The van der Waals surface area contributed by atoms with Gasteiger partial charge in [-0.3, -0.25) is 9.59 Å². The minimum Gasteiger partial charge on any atom is -0.493 e. The third kappa shape index (κ3) is 4.05. The zero-order valence-electron chi connectivity index (χ0n) is 15.8. The lowest BCUT2D eigenvalue weighted by molar-refractivity contribution is -0.142. The number of methoxy groups -OCH3 is 1. The zero-order valence-corrected chi connectivity index (χ0v) is 15.8. The van der Waals surface area contributed by atoms with E-state index in [2.05, 4.69) is 0 Å². The number of benzene rings is 2. The van der Waals surface area contributed by atoms with Crippen molar-refractivity contribution < 1.29 is 28.5 Å². The van der Waals surface area contributed by atoms with Gasteiger partial charge in [-0.1, -0.05) is 18.2 Å². The molecule has 0 aliphatic carbocycles. The molecule has 0 saturated carbocycles. The van der Waals surface area contributed by atoms with Crippen molar-refractivity contribution in [3.8, 4) is 17.2 Å². The average Bonchev–Trinajstić information content (AvgIpc) is 2.97. The molecule has 0 N–H and O–H groups in total. The Bertz CT molecular complexity index is 856. The first-order valence-corrected chi connectivity index (χ1v) is 8.66. The van der Waals surface area contributed by atoms with Crippen molar-refractivity contribution in [1.29, 1.82) is 0 Å². The van der Waals surface area contributed by atoms with Crippen LogP contribution in [0.25, 0.3) is 0 Å². The number of aryl methyl sites for hydroxylation is 1. The molecule has 1 aliphatic heterocycles. The van der Waals surface area contributed by atoms with Crippen molar-refractivity contribution in [1.82, 2.24) is 0 Å². The van der Waals surface area contributed by atoms with E-state index in [0.717, 1.165) is 16.7 Å². The predicted octanol–water partition coefficient (Wildman–Crippen LogP) is 3.71. The van der Waals surface area contributed by atoms with E-state index in [0.29, 0.717) is 17.2 Å². The molecule has 27 heavy (non-hydrogen) atoms. The monoisotopic (exact) mass is 370 g/mol. The lowest BCUT2D eigenvalue weighted by Gasteiger charge is -2.19. The fourth-order valence-corrected chi connectivity index (χ4v) is 3.27. The van der Waals surface area contributed by atoms with Gasteiger partial charge in [0.1, 0.15) is 18.5 Å². The highest BCUT2D eigenvalue weighted by molar-refractivity contribution is 5.69. The second kappa shape index (κ2) is 7.70. The quantitative estimate of drug-likeness (QED) is 0.590. The summed E-state index contributed by atoms with van der Waals surface area (Å²) >= 11 is 0. The summed E-state index contributed by atoms with van der Waals surface area (Å²) in [6, 6.07) is 11.1. The highest BCUT2D eigenvalue weighted by Crippen LogP contribution is 2.51. The summed E-state index contributed by atoms with van der Waals surface area (Å²) in [5, 5.41) is 0. The van der Waals surface area contributed by atoms with Gasteiger partial charge >= 0.3 is 11.9 Å². The standard InChI is InChI=1S/C21H22O6/c1-12-9-17-18(11-25-13(2)22)20(27-21(17)19(10-12)24-4)15-5-7-16(8-6-15)26-14(3)23/h5-10,18,20H,11H2,1-4H3. The number of carbonyl (C=O) groups is 2. The van der Waals surface area contributed by atoms with Crippen LogP contribution >= 0.6 is 0 Å². The van der Waals surface area contributed by atoms with Crippen LogP contribution in [0.2, 0.25) is 0 Å². The smallest absolute Gasteiger partial charge is 0.308 e. The molecular weight excluding hydrogens is 348 g/mol. The van der Waals surface area contributed by atoms with Crippen LogP contribution < -0.4 is 14.2 Å². The molecule has 0 saturated heterocycles. The molecule has 6 heteroatoms. The van der Waals surface area contributed by atoms with E-state index >= 15 is 0 Å². The Morgan fingerprint density at radius 3 is 2.37 bits per heavy atom. The van der Waals surface area contributed by atoms with Gasteiger partial charge in [0.2, 0.25) is 0 Å². The fourth-order valence-electron chi connectivity index (χ4n) is 3.27. The second-order valence-corrected chi connectivity index (χ2v) is 6.50. The minimum atomic E-state index is -0.375. The Kier molecular flexibility index (Phi) is 5.35. The van der Waals surface area contributed by atoms with Crippen molar-refractivity contribution in [2.75, 3.05) is 13.7 Å². The van der Waals surface area contributed by atoms with Crippen LogP contribution in [0.1, 0.15) is 42.6 Å². The fraction of sp³-hybridized carbons (Fsp3) is 0.333. The van der Waals surface area contributed by atoms with E-state index in [1.807, 2.05) is 31.2 Å². The van der Waals surface area contributed by atoms with Gasteiger partial charge in [-0.25, -0.2) is 0 Å². The first-order chi connectivity index (χ1) is 12.9. The summed E-state index contributed by atoms with van der Waals surface area (Å²) in [6.45, 7) is 4.92. The van der Waals surface area contributed by atoms with Crippen LogP contribution in [0.3, 0.4) is 0 Å². The first-order valence-electron chi connectivity index (χ1n) is 8.66. The topological polar surface area (TPSA) is 71.1 Å². The van der Waals surface area contributed by atoms with Crippen molar-refractivity contribution in [2.24, 2.45) is 0 Å². The first kappa shape index (κ1) is 18.8. The molecule has 2 unspecified atom stereocenters. The predicted molar refractivity (Wildman–Crippen MR) is 98.2 cm³/mol. The SMILES string of the molecule is COc1cc(C)cc2c1OC(c1ccc(OC(C)=O)cc1)C2COC(C)=O. The van der Waals surface area contributed by atoms with Gasteiger partial charge in [0.25, 0.3) is 0 Å². The molecule has 6 nitrogen and oxygen atoms in total. The maximum Gasteiger partial charge on any atom is 0.308 e. The van der Waals surface area contributed by atoms with Crippen LogP contribution in [0.15, 0.2) is 36.4 Å². The number of hydrogen-bond acceptors (Lipinski definition) is 6. The largest absolute Gasteiger partial charge is 0.493 e. The summed E-state index contributed by atoms with van der Waals surface area (Å²) in [6.07, 6.45) is -0.346. The molecule has 3 rings (SSSR count). The number of carbonyl (C=O) groups excluding carboxylic acids is 2. The van der Waals surface area contributed by atoms with Gasteiger partial charge in [0, 0.05) is 19.4 Å². The Morgan fingerprint density at radius 1 is 1.07 bits per heavy atom. The molecule has 0 spiro atoms. The van der Waals surface area contributed by atoms with Crippen molar-refractivity contribution in [3.63, 3.8) is 0 Å². The van der Waals surface area contributed by atoms with Gasteiger partial charge in [-0.15, -0.1) is 0 Å². The van der Waals surface area contributed by atoms with Crippen molar-refractivity contribution in [2.45, 2.75) is 32.8 Å². The molecule has 1 heterocycles. The Morgan fingerprint density at radius 2 is 1.78 bits per heavy atom. The van der Waals surface area contributed by atoms with E-state index in [4.69, 9.17) is 18.9 Å². The summed E-state index contributed by atoms with van der Waals surface area (Å²) < 4.78 is 22.1. The summed E-state index contributed by atoms with van der Waals surface area (Å²) in [5.74, 6) is 0.891. The summed E-state index contributed by atoms with van der Waals surface area (Å²) in [5.41, 5.74) is 2.87. The number of rotatable bonds is 5. The van der Waals surface area contributed by atoms with E-state index < -0.39 is 0 Å². The van der Waals surface area contributed by atoms with Crippen LogP contribution in [0.4, 0.5) is 0 Å². The van der Waals surface area contributed by atoms with E-state index in [1.54, 1.807) is 19.2 Å². The lowest BCUT2D eigenvalue weighted by Crippen LogP contribution is -2.17. The van der Waals surface area contributed by atoms with E-state index in [1.165, 1.54) is 13.8 Å². The number of fused-ring (bicyclic) bond motifs is 1. The van der Waals surface area contributed by atoms with Gasteiger partial charge in [-0.2, -0.15) is 0 Å². The third-order valence-corrected chi connectivity index (χ3v) is 4.39. The molecule has 2 atom stereocenters. The number of hydrogen-bond donors (Lipinski definition) is 0. The normalized spacial score (nSPS) is 17.6. The maximum absolute atomic E-state index is 11.4. The molecule has 2 aromatic carbocycles. The van der Waals surface area contributed by atoms with Gasteiger partial charge in [-0.05, 0) is 36.2 Å².